The molecule has 4 rings (SSSR count). The smallest absolute Gasteiger partial charge is 0.183 e. The van der Waals surface area contributed by atoms with Crippen molar-refractivity contribution in [3.05, 3.63) is 54.9 Å². The Kier molecular flexibility index (Phi) is 4.45. The molecule has 2 heterocycles. The van der Waals surface area contributed by atoms with Crippen LogP contribution >= 0.6 is 12.2 Å². The van der Waals surface area contributed by atoms with Gasteiger partial charge in [-0.05, 0) is 29.8 Å². The van der Waals surface area contributed by atoms with Crippen LogP contribution in [0.25, 0.3) is 11.1 Å². The summed E-state index contributed by atoms with van der Waals surface area (Å²) in [6.45, 7) is 0.359. The van der Waals surface area contributed by atoms with E-state index in [0.29, 0.717) is 23.1 Å². The number of hydrogen-bond donors (Lipinski definition) is 2. The monoisotopic (exact) mass is 367 g/mol. The maximum Gasteiger partial charge on any atom is 0.183 e. The van der Waals surface area contributed by atoms with Gasteiger partial charge in [-0.2, -0.15) is 5.10 Å². The third-order valence-corrected chi connectivity index (χ3v) is 4.46. The molecule has 0 amide bonds. The van der Waals surface area contributed by atoms with Crippen LogP contribution in [0.4, 0.5) is 5.69 Å². The first-order valence-corrected chi connectivity index (χ1v) is 8.52. The van der Waals surface area contributed by atoms with E-state index in [4.69, 9.17) is 26.4 Å². The van der Waals surface area contributed by atoms with Crippen molar-refractivity contribution in [1.29, 1.82) is 0 Å². The van der Waals surface area contributed by atoms with Crippen molar-refractivity contribution in [2.75, 3.05) is 19.0 Å². The highest BCUT2D eigenvalue weighted by Crippen LogP contribution is 2.33. The molecule has 3 aromatic rings. The molecule has 1 unspecified atom stereocenters. The molecular weight excluding hydrogens is 350 g/mol. The van der Waals surface area contributed by atoms with Gasteiger partial charge >= 0.3 is 0 Å². The van der Waals surface area contributed by atoms with Gasteiger partial charge in [0.15, 0.2) is 17.6 Å². The molecule has 2 N–H and O–H groups in total. The Bertz CT molecular complexity index is 928. The van der Waals surface area contributed by atoms with Crippen LogP contribution in [0.1, 0.15) is 0 Å². The molecule has 6 nitrogen and oxygen atoms in total. The van der Waals surface area contributed by atoms with Gasteiger partial charge in [0, 0.05) is 11.8 Å². The molecule has 7 heteroatoms. The van der Waals surface area contributed by atoms with Gasteiger partial charge < -0.3 is 19.5 Å². The van der Waals surface area contributed by atoms with Gasteiger partial charge in [-0.3, -0.25) is 5.10 Å². The van der Waals surface area contributed by atoms with Crippen LogP contribution in [-0.2, 0) is 0 Å². The fourth-order valence-electron chi connectivity index (χ4n) is 2.74. The average Bonchev–Trinajstić information content (AvgIpc) is 3.22. The fraction of sp³-hybridized carbons (Fsp3) is 0.158. The molecular formula is C19H17N3O3S. The summed E-state index contributed by atoms with van der Waals surface area (Å²) in [5.41, 5.74) is 2.75. The number of benzene rings is 2. The number of fused-ring (bicyclic) bond motifs is 1. The van der Waals surface area contributed by atoms with Crippen molar-refractivity contribution in [2.45, 2.75) is 6.10 Å². The van der Waals surface area contributed by atoms with Crippen LogP contribution in [0.2, 0.25) is 0 Å². The van der Waals surface area contributed by atoms with E-state index < -0.39 is 0 Å². The number of ether oxygens (including phenoxy) is 3. The molecule has 1 aliphatic rings. The summed E-state index contributed by atoms with van der Waals surface area (Å²) in [5, 5.41) is 9.99. The third-order valence-electron chi connectivity index (χ3n) is 4.09. The minimum absolute atomic E-state index is 0.359. The lowest BCUT2D eigenvalue weighted by Gasteiger charge is -2.27. The summed E-state index contributed by atoms with van der Waals surface area (Å²) in [6, 6.07) is 13.4. The summed E-state index contributed by atoms with van der Waals surface area (Å²) in [4.78, 5) is 0.536. The molecule has 2 aromatic carbocycles. The van der Waals surface area contributed by atoms with E-state index >= 15 is 0 Å². The van der Waals surface area contributed by atoms with Crippen molar-refractivity contribution in [3.8, 4) is 28.4 Å². The number of hydrogen-bond acceptors (Lipinski definition) is 5. The van der Waals surface area contributed by atoms with Gasteiger partial charge in [0.25, 0.3) is 0 Å². The number of aromatic amines is 1. The van der Waals surface area contributed by atoms with Crippen molar-refractivity contribution in [2.24, 2.45) is 0 Å². The quantitative estimate of drug-likeness (QED) is 0.686. The standard InChI is InChI=1S/C19H17N3O3S/c1-23-17-8-12(13-9-20-21-10-13)6-7-14(17)22-19(26)18-11-24-15-4-2-3-5-16(15)25-18/h2-10,18H,11H2,1H3,(H,20,21)(H,22,26). The predicted molar refractivity (Wildman–Crippen MR) is 103 cm³/mol. The summed E-state index contributed by atoms with van der Waals surface area (Å²) < 4.78 is 17.2. The molecule has 0 radical (unpaired) electrons. The van der Waals surface area contributed by atoms with E-state index in [1.54, 1.807) is 13.3 Å². The van der Waals surface area contributed by atoms with E-state index in [2.05, 4.69) is 15.5 Å². The molecule has 0 saturated carbocycles. The molecule has 26 heavy (non-hydrogen) atoms. The van der Waals surface area contributed by atoms with Crippen LogP contribution in [0.3, 0.4) is 0 Å². The lowest BCUT2D eigenvalue weighted by molar-refractivity contribution is 0.136. The Morgan fingerprint density at radius 3 is 2.85 bits per heavy atom. The van der Waals surface area contributed by atoms with Crippen molar-refractivity contribution in [3.63, 3.8) is 0 Å². The maximum absolute atomic E-state index is 5.94. The van der Waals surface area contributed by atoms with Crippen LogP contribution in [0, 0.1) is 0 Å². The molecule has 0 fully saturated rings. The minimum atomic E-state index is -0.363. The van der Waals surface area contributed by atoms with Gasteiger partial charge in [-0.1, -0.05) is 30.4 Å². The first kappa shape index (κ1) is 16.4. The zero-order valence-corrected chi connectivity index (χ0v) is 14.9. The summed E-state index contributed by atoms with van der Waals surface area (Å²) in [6.07, 6.45) is 3.23. The number of nitrogens with one attached hydrogen (secondary N) is 2. The first-order valence-electron chi connectivity index (χ1n) is 8.11. The molecule has 0 spiro atoms. The molecule has 0 bridgehead atoms. The maximum atomic E-state index is 5.94. The first-order chi connectivity index (χ1) is 12.7. The highest BCUT2D eigenvalue weighted by Gasteiger charge is 2.25. The highest BCUT2D eigenvalue weighted by molar-refractivity contribution is 7.80. The summed E-state index contributed by atoms with van der Waals surface area (Å²) in [7, 11) is 1.62. The Hall–Kier alpha value is -3.06. The van der Waals surface area contributed by atoms with E-state index in [1.165, 1.54) is 0 Å². The van der Waals surface area contributed by atoms with E-state index in [0.717, 1.165) is 22.6 Å². The molecule has 0 aliphatic carbocycles. The number of H-pyrrole nitrogens is 1. The Morgan fingerprint density at radius 2 is 2.08 bits per heavy atom. The number of methoxy groups -OCH3 is 1. The lowest BCUT2D eigenvalue weighted by atomic mass is 10.1. The number of aromatic nitrogens is 2. The Balaban J connectivity index is 1.51. The van der Waals surface area contributed by atoms with Gasteiger partial charge in [0.2, 0.25) is 0 Å². The lowest BCUT2D eigenvalue weighted by Crippen LogP contribution is -2.39. The normalized spacial score (nSPS) is 15.3. The zero-order valence-electron chi connectivity index (χ0n) is 14.1. The summed E-state index contributed by atoms with van der Waals surface area (Å²) in [5.74, 6) is 2.10. The van der Waals surface area contributed by atoms with Crippen LogP contribution in [-0.4, -0.2) is 35.0 Å². The number of thiocarbonyl (C=S) groups is 1. The predicted octanol–water partition coefficient (Wildman–Crippen LogP) is 3.66. The Morgan fingerprint density at radius 1 is 1.23 bits per heavy atom. The number of nitrogens with zero attached hydrogens (tertiary/aromatic N) is 1. The second kappa shape index (κ2) is 7.05. The number of rotatable bonds is 4. The summed E-state index contributed by atoms with van der Waals surface area (Å²) >= 11 is 5.52. The largest absolute Gasteiger partial charge is 0.495 e. The fourth-order valence-corrected chi connectivity index (χ4v) is 2.97. The molecule has 132 valence electrons. The number of para-hydroxylation sites is 2. The Labute approximate surface area is 156 Å². The van der Waals surface area contributed by atoms with Gasteiger partial charge in [-0.15, -0.1) is 0 Å². The topological polar surface area (TPSA) is 68.4 Å². The van der Waals surface area contributed by atoms with E-state index in [-0.39, 0.29) is 6.10 Å². The minimum Gasteiger partial charge on any atom is -0.495 e. The van der Waals surface area contributed by atoms with Crippen molar-refractivity contribution >= 4 is 22.9 Å². The van der Waals surface area contributed by atoms with E-state index in [1.807, 2.05) is 48.7 Å². The zero-order chi connectivity index (χ0) is 17.9. The van der Waals surface area contributed by atoms with Crippen molar-refractivity contribution in [1.82, 2.24) is 10.2 Å². The van der Waals surface area contributed by atoms with E-state index in [9.17, 15) is 0 Å². The van der Waals surface area contributed by atoms with Crippen molar-refractivity contribution < 1.29 is 14.2 Å². The number of anilines is 1. The molecule has 0 saturated heterocycles. The average molecular weight is 367 g/mol. The van der Waals surface area contributed by atoms with Gasteiger partial charge in [0.1, 0.15) is 17.3 Å². The van der Waals surface area contributed by atoms with Crippen LogP contribution in [0.5, 0.6) is 17.2 Å². The SMILES string of the molecule is COc1cc(-c2cn[nH]c2)ccc1NC(=S)C1COc2ccccc2O1. The second-order valence-corrected chi connectivity index (χ2v) is 6.20. The molecule has 1 aliphatic heterocycles. The van der Waals surface area contributed by atoms with Gasteiger partial charge in [0.05, 0.1) is 19.0 Å². The molecule has 1 aromatic heterocycles. The second-order valence-electron chi connectivity index (χ2n) is 5.76. The van der Waals surface area contributed by atoms with Crippen LogP contribution in [0.15, 0.2) is 54.9 Å². The van der Waals surface area contributed by atoms with Crippen LogP contribution < -0.4 is 19.5 Å². The van der Waals surface area contributed by atoms with Gasteiger partial charge in [-0.25, -0.2) is 0 Å². The molecule has 1 atom stereocenters. The highest BCUT2D eigenvalue weighted by atomic mass is 32.1. The third kappa shape index (κ3) is 3.21.